The molecule has 1 aromatic carbocycles. The third-order valence-electron chi connectivity index (χ3n) is 7.12. The van der Waals surface area contributed by atoms with Crippen LogP contribution in [0.25, 0.3) is 0 Å². The zero-order valence-electron chi connectivity index (χ0n) is 22.8. The Morgan fingerprint density at radius 1 is 1.00 bits per heavy atom. The lowest BCUT2D eigenvalue weighted by Gasteiger charge is -2.35. The summed E-state index contributed by atoms with van der Waals surface area (Å²) < 4.78 is 11.4. The second-order valence-corrected chi connectivity index (χ2v) is 12.0. The minimum Gasteiger partial charge on any atom is -0.484 e. The number of hydrogen-bond acceptors (Lipinski definition) is 9. The molecule has 0 saturated heterocycles. The van der Waals surface area contributed by atoms with Crippen molar-refractivity contribution in [2.75, 3.05) is 26.7 Å². The fraction of sp³-hybridized carbons (Fsp3) is 0.433. The number of nitrogens with zero attached hydrogens (tertiary/aromatic N) is 1. The van der Waals surface area contributed by atoms with Gasteiger partial charge in [0.15, 0.2) is 6.61 Å². The molecule has 3 aromatic rings. The molecule has 2 aromatic heterocycles. The maximum absolute atomic E-state index is 13.2. The van der Waals surface area contributed by atoms with E-state index in [2.05, 4.69) is 10.2 Å². The summed E-state index contributed by atoms with van der Waals surface area (Å²) in [4.78, 5) is 40.0. The zero-order chi connectivity index (χ0) is 28.5. The number of esters is 1. The number of benzene rings is 1. The fourth-order valence-electron chi connectivity index (χ4n) is 4.88. The van der Waals surface area contributed by atoms with Gasteiger partial charge in [0.05, 0.1) is 9.75 Å². The predicted octanol–water partition coefficient (Wildman–Crippen LogP) is 4.16. The number of aliphatic hydroxyl groups is 1. The van der Waals surface area contributed by atoms with E-state index in [0.29, 0.717) is 41.1 Å². The number of Topliss-reactive ketones (excluding diaryl/α,β-unsaturated/α-hetero) is 1. The van der Waals surface area contributed by atoms with Crippen LogP contribution < -0.4 is 10.1 Å². The summed E-state index contributed by atoms with van der Waals surface area (Å²) in [5.74, 6) is -0.130. The standard InChI is InChI=1S/C30H36N2O6S2/c1-21(33)19-22-7-11-24(12-8-22)37-20-28(34)31-15-16-32(2)23-9-13-25(14-10-23)38-29(35)30(36,26-5-3-17-39-26)27-6-4-18-40-27/h3-8,11-12,17-18,23,25,36H,9-10,13-16,19-20H2,1-2H3,(H,31,34). The van der Waals surface area contributed by atoms with Crippen LogP contribution in [0.1, 0.15) is 47.9 Å². The molecule has 1 fully saturated rings. The Morgan fingerprint density at radius 2 is 1.62 bits per heavy atom. The molecule has 8 nitrogen and oxygen atoms in total. The quantitative estimate of drug-likeness (QED) is 0.291. The van der Waals surface area contributed by atoms with Gasteiger partial charge in [0.2, 0.25) is 5.60 Å². The van der Waals surface area contributed by atoms with Crippen molar-refractivity contribution in [3.63, 3.8) is 0 Å². The summed E-state index contributed by atoms with van der Waals surface area (Å²) in [6.07, 6.45) is 3.31. The number of thiophene rings is 2. The van der Waals surface area contributed by atoms with E-state index in [1.807, 2.05) is 42.1 Å². The third-order valence-corrected chi connectivity index (χ3v) is 9.08. The maximum atomic E-state index is 13.2. The van der Waals surface area contributed by atoms with Gasteiger partial charge in [-0.25, -0.2) is 4.79 Å². The van der Waals surface area contributed by atoms with Crippen LogP contribution in [0.5, 0.6) is 5.75 Å². The van der Waals surface area contributed by atoms with E-state index in [9.17, 15) is 19.5 Å². The van der Waals surface area contributed by atoms with Gasteiger partial charge in [-0.2, -0.15) is 0 Å². The molecule has 2 heterocycles. The smallest absolute Gasteiger partial charge is 0.349 e. The Labute approximate surface area is 242 Å². The zero-order valence-corrected chi connectivity index (χ0v) is 24.5. The highest BCUT2D eigenvalue weighted by molar-refractivity contribution is 7.12. The van der Waals surface area contributed by atoms with Gasteiger partial charge in [-0.3, -0.25) is 9.59 Å². The van der Waals surface area contributed by atoms with E-state index in [0.717, 1.165) is 31.2 Å². The second kappa shape index (κ2) is 14.0. The summed E-state index contributed by atoms with van der Waals surface area (Å²) in [6, 6.07) is 14.7. The first-order chi connectivity index (χ1) is 19.3. The van der Waals surface area contributed by atoms with E-state index < -0.39 is 11.6 Å². The van der Waals surface area contributed by atoms with Crippen molar-refractivity contribution in [1.82, 2.24) is 10.2 Å². The number of hydrogen-bond donors (Lipinski definition) is 2. The summed E-state index contributed by atoms with van der Waals surface area (Å²) in [5.41, 5.74) is -0.866. The number of carbonyl (C=O) groups is 3. The molecular weight excluding hydrogens is 548 g/mol. The summed E-state index contributed by atoms with van der Waals surface area (Å²) >= 11 is 2.67. The highest BCUT2D eigenvalue weighted by Crippen LogP contribution is 2.38. The molecule has 0 spiro atoms. The maximum Gasteiger partial charge on any atom is 0.349 e. The molecule has 10 heteroatoms. The van der Waals surface area contributed by atoms with E-state index >= 15 is 0 Å². The van der Waals surface area contributed by atoms with Crippen LogP contribution in [-0.2, 0) is 31.1 Å². The topological polar surface area (TPSA) is 105 Å². The fourth-order valence-corrected chi connectivity index (χ4v) is 6.59. The largest absolute Gasteiger partial charge is 0.484 e. The lowest BCUT2D eigenvalue weighted by atomic mass is 9.91. The monoisotopic (exact) mass is 584 g/mol. The third kappa shape index (κ3) is 7.78. The van der Waals surface area contributed by atoms with Gasteiger partial charge in [-0.1, -0.05) is 24.3 Å². The van der Waals surface area contributed by atoms with Gasteiger partial charge in [-0.05, 0) is 80.2 Å². The average Bonchev–Trinajstić information content (AvgIpc) is 3.68. The van der Waals surface area contributed by atoms with Gasteiger partial charge >= 0.3 is 5.97 Å². The Hall–Kier alpha value is -3.05. The van der Waals surface area contributed by atoms with Crippen molar-refractivity contribution in [2.24, 2.45) is 0 Å². The number of rotatable bonds is 13. The number of nitrogens with one attached hydrogen (secondary N) is 1. The van der Waals surface area contributed by atoms with Crippen LogP contribution in [0.15, 0.2) is 59.3 Å². The van der Waals surface area contributed by atoms with Crippen molar-refractivity contribution in [1.29, 1.82) is 0 Å². The van der Waals surface area contributed by atoms with E-state index in [4.69, 9.17) is 9.47 Å². The molecule has 214 valence electrons. The molecule has 40 heavy (non-hydrogen) atoms. The van der Waals surface area contributed by atoms with E-state index in [1.54, 1.807) is 31.2 Å². The van der Waals surface area contributed by atoms with Crippen LogP contribution in [-0.4, -0.2) is 66.6 Å². The molecule has 0 radical (unpaired) electrons. The molecular formula is C30H36N2O6S2. The van der Waals surface area contributed by atoms with Crippen molar-refractivity contribution >= 4 is 40.3 Å². The molecule has 4 rings (SSSR count). The molecule has 0 aliphatic heterocycles. The van der Waals surface area contributed by atoms with Crippen molar-refractivity contribution in [3.8, 4) is 5.75 Å². The number of ether oxygens (including phenoxy) is 2. The number of ketones is 1. The van der Waals surface area contributed by atoms with Gasteiger partial charge in [0.25, 0.3) is 5.91 Å². The average molecular weight is 585 g/mol. The Balaban J connectivity index is 1.16. The lowest BCUT2D eigenvalue weighted by Crippen LogP contribution is -2.43. The first-order valence-electron chi connectivity index (χ1n) is 13.4. The van der Waals surface area contributed by atoms with E-state index in [-0.39, 0.29) is 24.4 Å². The lowest BCUT2D eigenvalue weighted by molar-refractivity contribution is -0.169. The van der Waals surface area contributed by atoms with Crippen LogP contribution >= 0.6 is 22.7 Å². The number of amides is 1. The molecule has 1 saturated carbocycles. The highest BCUT2D eigenvalue weighted by atomic mass is 32.1. The minimum absolute atomic E-state index is 0.0739. The predicted molar refractivity (Wildman–Crippen MR) is 156 cm³/mol. The van der Waals surface area contributed by atoms with Crippen LogP contribution in [0.4, 0.5) is 0 Å². The number of carbonyl (C=O) groups excluding carboxylic acids is 3. The SMILES string of the molecule is CC(=O)Cc1ccc(OCC(=O)NCCN(C)C2CCC(OC(=O)C(O)(c3cccs3)c3cccs3)CC2)cc1. The van der Waals surface area contributed by atoms with Crippen LogP contribution in [0.2, 0.25) is 0 Å². The van der Waals surface area contributed by atoms with Crippen molar-refractivity contribution < 1.29 is 29.0 Å². The number of likely N-dealkylation sites (N-methyl/N-ethyl adjacent to an activating group) is 1. The Bertz CT molecular complexity index is 1200. The normalized spacial score (nSPS) is 17.4. The first-order valence-corrected chi connectivity index (χ1v) is 15.2. The Kier molecular flexibility index (Phi) is 10.5. The first kappa shape index (κ1) is 29.9. The van der Waals surface area contributed by atoms with Gasteiger partial charge in [0, 0.05) is 25.6 Å². The Morgan fingerprint density at radius 3 is 2.17 bits per heavy atom. The summed E-state index contributed by atoms with van der Waals surface area (Å²) in [7, 11) is 2.04. The molecule has 0 bridgehead atoms. The van der Waals surface area contributed by atoms with Gasteiger partial charge in [0.1, 0.15) is 17.6 Å². The van der Waals surface area contributed by atoms with Crippen molar-refractivity contribution in [2.45, 2.75) is 56.8 Å². The van der Waals surface area contributed by atoms with Crippen LogP contribution in [0, 0.1) is 0 Å². The molecule has 0 atom stereocenters. The second-order valence-electron chi connectivity index (χ2n) is 10.1. The van der Waals surface area contributed by atoms with Gasteiger partial charge in [-0.15, -0.1) is 22.7 Å². The minimum atomic E-state index is -1.78. The van der Waals surface area contributed by atoms with Crippen molar-refractivity contribution in [3.05, 3.63) is 74.6 Å². The summed E-state index contributed by atoms with van der Waals surface area (Å²) in [5, 5.41) is 18.0. The summed E-state index contributed by atoms with van der Waals surface area (Å²) in [6.45, 7) is 2.67. The highest BCUT2D eigenvalue weighted by Gasteiger charge is 2.45. The van der Waals surface area contributed by atoms with Gasteiger partial charge < -0.3 is 24.8 Å². The molecule has 0 unspecified atom stereocenters. The molecule has 1 aliphatic carbocycles. The molecule has 2 N–H and O–H groups in total. The van der Waals surface area contributed by atoms with E-state index in [1.165, 1.54) is 22.7 Å². The molecule has 1 amide bonds. The molecule has 1 aliphatic rings. The van der Waals surface area contributed by atoms with Crippen LogP contribution in [0.3, 0.4) is 0 Å².